The van der Waals surface area contributed by atoms with Gasteiger partial charge in [-0.2, -0.15) is 0 Å². The Kier molecular flexibility index (Phi) is 2.73. The van der Waals surface area contributed by atoms with Crippen molar-refractivity contribution in [1.29, 1.82) is 0 Å². The molecule has 4 heteroatoms. The molecule has 2 aliphatic rings. The van der Waals surface area contributed by atoms with Crippen LogP contribution < -0.4 is 10.5 Å². The van der Waals surface area contributed by atoms with Crippen molar-refractivity contribution >= 4 is 11.9 Å². The van der Waals surface area contributed by atoms with Gasteiger partial charge in [-0.3, -0.25) is 4.99 Å². The lowest BCUT2D eigenvalue weighted by atomic mass is 10.1. The van der Waals surface area contributed by atoms with Crippen LogP contribution in [-0.4, -0.2) is 25.5 Å². The fourth-order valence-electron chi connectivity index (χ4n) is 2.23. The first kappa shape index (κ1) is 10.6. The van der Waals surface area contributed by atoms with E-state index in [4.69, 9.17) is 15.2 Å². The van der Waals surface area contributed by atoms with Crippen molar-refractivity contribution in [1.82, 2.24) is 0 Å². The molecule has 0 saturated carbocycles. The van der Waals surface area contributed by atoms with Crippen molar-refractivity contribution in [3.8, 4) is 5.75 Å². The highest BCUT2D eigenvalue weighted by molar-refractivity contribution is 5.86. The summed E-state index contributed by atoms with van der Waals surface area (Å²) in [6, 6.07) is 3.97. The van der Waals surface area contributed by atoms with Crippen molar-refractivity contribution in [2.24, 2.45) is 4.99 Å². The maximum absolute atomic E-state index is 5.99. The summed E-state index contributed by atoms with van der Waals surface area (Å²) >= 11 is 0. The molecule has 3 rings (SSSR count). The molecule has 90 valence electrons. The minimum absolute atomic E-state index is 0.228. The Morgan fingerprint density at radius 3 is 2.94 bits per heavy atom. The first-order valence-electron chi connectivity index (χ1n) is 5.99. The van der Waals surface area contributed by atoms with Gasteiger partial charge >= 0.3 is 0 Å². The lowest BCUT2D eigenvalue weighted by molar-refractivity contribution is 0.0258. The van der Waals surface area contributed by atoms with Gasteiger partial charge in [-0.1, -0.05) is 0 Å². The number of nitrogens with zero attached hydrogens (tertiary/aromatic N) is 1. The molecule has 2 heterocycles. The summed E-state index contributed by atoms with van der Waals surface area (Å²) in [4.78, 5) is 4.22. The van der Waals surface area contributed by atoms with Gasteiger partial charge in [-0.15, -0.1) is 0 Å². The molecule has 2 N–H and O–H groups in total. The number of nitrogen functional groups attached to an aromatic ring is 1. The third kappa shape index (κ3) is 2.13. The Morgan fingerprint density at radius 2 is 2.12 bits per heavy atom. The third-order valence-corrected chi connectivity index (χ3v) is 3.23. The molecule has 0 amide bonds. The molecule has 4 nitrogen and oxygen atoms in total. The minimum atomic E-state index is 0.228. The molecule has 1 aromatic rings. The largest absolute Gasteiger partial charge is 0.488 e. The molecule has 2 aliphatic heterocycles. The molecule has 1 saturated heterocycles. The smallest absolute Gasteiger partial charge is 0.142 e. The zero-order valence-corrected chi connectivity index (χ0v) is 9.69. The molecular weight excluding hydrogens is 216 g/mol. The number of rotatable bonds is 2. The summed E-state index contributed by atoms with van der Waals surface area (Å²) in [6.07, 6.45) is 3.97. The number of aliphatic imine (C=N–C) groups is 1. The van der Waals surface area contributed by atoms with Crippen molar-refractivity contribution < 1.29 is 9.47 Å². The summed E-state index contributed by atoms with van der Waals surface area (Å²) < 4.78 is 11.3. The maximum atomic E-state index is 5.99. The number of fused-ring (bicyclic) bond motifs is 1. The molecule has 0 radical (unpaired) electrons. The van der Waals surface area contributed by atoms with E-state index in [1.54, 1.807) is 0 Å². The quantitative estimate of drug-likeness (QED) is 0.790. The standard InChI is InChI=1S/C13H16N2O2/c14-12-5-9-7-15-8-10(9)6-13(12)17-11-1-3-16-4-2-11/h5-7,11H,1-4,8,14H2. The second kappa shape index (κ2) is 4.37. The molecular formula is C13H16N2O2. The zero-order valence-electron chi connectivity index (χ0n) is 9.69. The molecule has 0 bridgehead atoms. The van der Waals surface area contributed by atoms with Crippen molar-refractivity contribution in [3.63, 3.8) is 0 Å². The number of hydrogen-bond acceptors (Lipinski definition) is 4. The second-order valence-electron chi connectivity index (χ2n) is 4.49. The highest BCUT2D eigenvalue weighted by Crippen LogP contribution is 2.30. The van der Waals surface area contributed by atoms with Gasteiger partial charge < -0.3 is 15.2 Å². The highest BCUT2D eigenvalue weighted by atomic mass is 16.5. The number of benzene rings is 1. The van der Waals surface area contributed by atoms with Crippen LogP contribution in [0.25, 0.3) is 0 Å². The summed E-state index contributed by atoms with van der Waals surface area (Å²) in [5, 5.41) is 0. The number of ether oxygens (including phenoxy) is 2. The molecule has 0 aliphatic carbocycles. The van der Waals surface area contributed by atoms with Gasteiger partial charge in [-0.05, 0) is 23.3 Å². The number of hydrogen-bond donors (Lipinski definition) is 1. The van der Waals surface area contributed by atoms with Gasteiger partial charge in [-0.25, -0.2) is 0 Å². The normalized spacial score (nSPS) is 19.3. The topological polar surface area (TPSA) is 56.8 Å². The van der Waals surface area contributed by atoms with E-state index in [9.17, 15) is 0 Å². The monoisotopic (exact) mass is 232 g/mol. The minimum Gasteiger partial charge on any atom is -0.488 e. The lowest BCUT2D eigenvalue weighted by Crippen LogP contribution is -2.26. The predicted octanol–water partition coefficient (Wildman–Crippen LogP) is 1.76. The van der Waals surface area contributed by atoms with Gasteiger partial charge in [0.1, 0.15) is 11.9 Å². The van der Waals surface area contributed by atoms with E-state index in [-0.39, 0.29) is 6.10 Å². The van der Waals surface area contributed by atoms with E-state index in [1.807, 2.05) is 18.3 Å². The molecule has 0 spiro atoms. The average molecular weight is 232 g/mol. The number of nitrogens with two attached hydrogens (primary N) is 1. The van der Waals surface area contributed by atoms with Crippen LogP contribution in [0.3, 0.4) is 0 Å². The van der Waals surface area contributed by atoms with Crippen LogP contribution in [0, 0.1) is 0 Å². The molecule has 0 atom stereocenters. The second-order valence-corrected chi connectivity index (χ2v) is 4.49. The van der Waals surface area contributed by atoms with Crippen molar-refractivity contribution in [3.05, 3.63) is 23.3 Å². The molecule has 0 aromatic heterocycles. The molecule has 0 unspecified atom stereocenters. The number of anilines is 1. The van der Waals surface area contributed by atoms with Crippen LogP contribution in [0.15, 0.2) is 17.1 Å². The Labute approximate surface area is 100 Å². The Balaban J connectivity index is 1.79. The van der Waals surface area contributed by atoms with E-state index >= 15 is 0 Å². The van der Waals surface area contributed by atoms with Gasteiger partial charge in [0, 0.05) is 19.1 Å². The SMILES string of the molecule is Nc1cc2c(cc1OC1CCOCC1)CN=C2. The molecule has 1 aromatic carbocycles. The van der Waals surface area contributed by atoms with E-state index < -0.39 is 0 Å². The summed E-state index contributed by atoms with van der Waals surface area (Å²) in [5.41, 5.74) is 9.00. The summed E-state index contributed by atoms with van der Waals surface area (Å²) in [6.45, 7) is 2.29. The fraction of sp³-hybridized carbons (Fsp3) is 0.462. The Hall–Kier alpha value is -1.55. The van der Waals surface area contributed by atoms with Crippen LogP contribution in [0.1, 0.15) is 24.0 Å². The van der Waals surface area contributed by atoms with Crippen LogP contribution in [0.5, 0.6) is 5.75 Å². The first-order valence-corrected chi connectivity index (χ1v) is 5.99. The Bertz CT molecular complexity index is 451. The van der Waals surface area contributed by atoms with Crippen LogP contribution in [0.2, 0.25) is 0 Å². The van der Waals surface area contributed by atoms with Crippen LogP contribution in [0.4, 0.5) is 5.69 Å². The van der Waals surface area contributed by atoms with Gasteiger partial charge in [0.2, 0.25) is 0 Å². The molecule has 17 heavy (non-hydrogen) atoms. The van der Waals surface area contributed by atoms with Gasteiger partial charge in [0.15, 0.2) is 0 Å². The van der Waals surface area contributed by atoms with Crippen molar-refractivity contribution in [2.45, 2.75) is 25.5 Å². The van der Waals surface area contributed by atoms with E-state index in [2.05, 4.69) is 4.99 Å². The molecule has 1 fully saturated rings. The van der Waals surface area contributed by atoms with Gasteiger partial charge in [0.25, 0.3) is 0 Å². The van der Waals surface area contributed by atoms with Crippen LogP contribution >= 0.6 is 0 Å². The Morgan fingerprint density at radius 1 is 1.29 bits per heavy atom. The zero-order chi connectivity index (χ0) is 11.7. The predicted molar refractivity (Wildman–Crippen MR) is 66.6 cm³/mol. The lowest BCUT2D eigenvalue weighted by Gasteiger charge is -2.24. The van der Waals surface area contributed by atoms with E-state index in [0.717, 1.165) is 43.9 Å². The van der Waals surface area contributed by atoms with Crippen molar-refractivity contribution in [2.75, 3.05) is 18.9 Å². The average Bonchev–Trinajstić information content (AvgIpc) is 2.78. The first-order chi connectivity index (χ1) is 8.33. The maximum Gasteiger partial charge on any atom is 0.142 e. The van der Waals surface area contributed by atoms with Crippen LogP contribution in [-0.2, 0) is 11.3 Å². The van der Waals surface area contributed by atoms with E-state index in [0.29, 0.717) is 5.69 Å². The highest BCUT2D eigenvalue weighted by Gasteiger charge is 2.18. The summed E-state index contributed by atoms with van der Waals surface area (Å²) in [7, 11) is 0. The van der Waals surface area contributed by atoms with E-state index in [1.165, 1.54) is 5.56 Å². The van der Waals surface area contributed by atoms with Gasteiger partial charge in [0.05, 0.1) is 25.4 Å². The third-order valence-electron chi connectivity index (χ3n) is 3.23. The fourth-order valence-corrected chi connectivity index (χ4v) is 2.23. The summed E-state index contributed by atoms with van der Waals surface area (Å²) in [5.74, 6) is 0.793.